The molecule has 1 saturated carbocycles. The zero-order valence-electron chi connectivity index (χ0n) is 15.5. The number of nitrogens with one attached hydrogen (secondary N) is 2. The first-order valence-corrected chi connectivity index (χ1v) is 9.84. The van der Waals surface area contributed by atoms with Crippen LogP contribution in [0.2, 0.25) is 0 Å². The van der Waals surface area contributed by atoms with Crippen molar-refractivity contribution in [2.75, 3.05) is 6.54 Å². The van der Waals surface area contributed by atoms with Crippen molar-refractivity contribution in [1.29, 1.82) is 0 Å². The Morgan fingerprint density at radius 2 is 1.89 bits per heavy atom. The molecule has 28 heavy (non-hydrogen) atoms. The lowest BCUT2D eigenvalue weighted by Crippen LogP contribution is -2.62. The van der Waals surface area contributed by atoms with Crippen LogP contribution in [-0.2, 0) is 4.79 Å². The van der Waals surface area contributed by atoms with E-state index in [4.69, 9.17) is 0 Å². The Kier molecular flexibility index (Phi) is 4.11. The van der Waals surface area contributed by atoms with Crippen molar-refractivity contribution in [3.05, 3.63) is 54.1 Å². The van der Waals surface area contributed by atoms with E-state index < -0.39 is 0 Å². The van der Waals surface area contributed by atoms with Crippen LogP contribution in [0, 0.1) is 0 Å². The minimum Gasteiger partial charge on any atom is -0.350 e. The third-order valence-corrected chi connectivity index (χ3v) is 5.83. The van der Waals surface area contributed by atoms with Crippen LogP contribution < -0.4 is 5.32 Å². The topological polar surface area (TPSA) is 78.1 Å². The molecule has 1 aliphatic carbocycles. The molecule has 2 fully saturated rings. The SMILES string of the molecule is O=C1CN(C(=O)c2ccc3nc(-c4ccccc4)[nH]c3c2)C2CCCCC2N1. The molecule has 1 saturated heterocycles. The fraction of sp³-hybridized carbons (Fsp3) is 0.318. The first kappa shape index (κ1) is 17.0. The highest BCUT2D eigenvalue weighted by molar-refractivity contribution is 6.00. The molecule has 2 heterocycles. The molecular formula is C22H22N4O2. The van der Waals surface area contributed by atoms with Crippen LogP contribution >= 0.6 is 0 Å². The standard InChI is InChI=1S/C22H22N4O2/c27-20-13-26(19-9-5-4-8-17(19)23-20)22(28)15-10-11-16-18(12-15)25-21(24-16)14-6-2-1-3-7-14/h1-3,6-7,10-12,17,19H,4-5,8-9,13H2,(H,23,27)(H,24,25). The number of nitrogens with zero attached hydrogens (tertiary/aromatic N) is 2. The molecule has 6 heteroatoms. The van der Waals surface area contributed by atoms with Crippen LogP contribution in [0.25, 0.3) is 22.4 Å². The van der Waals surface area contributed by atoms with E-state index >= 15 is 0 Å². The molecule has 2 N–H and O–H groups in total. The molecule has 1 aromatic heterocycles. The van der Waals surface area contributed by atoms with Gasteiger partial charge in [-0.05, 0) is 31.0 Å². The van der Waals surface area contributed by atoms with E-state index in [2.05, 4.69) is 15.3 Å². The number of H-pyrrole nitrogens is 1. The van der Waals surface area contributed by atoms with Crippen LogP contribution in [-0.4, -0.2) is 45.3 Å². The summed E-state index contributed by atoms with van der Waals surface area (Å²) in [6, 6.07) is 15.6. The van der Waals surface area contributed by atoms with Gasteiger partial charge >= 0.3 is 0 Å². The number of hydrogen-bond donors (Lipinski definition) is 2. The molecule has 2 unspecified atom stereocenters. The third kappa shape index (κ3) is 2.95. The lowest BCUT2D eigenvalue weighted by atomic mass is 9.87. The van der Waals surface area contributed by atoms with E-state index in [1.807, 2.05) is 48.5 Å². The molecule has 5 rings (SSSR count). The van der Waals surface area contributed by atoms with E-state index in [1.54, 1.807) is 4.90 Å². The summed E-state index contributed by atoms with van der Waals surface area (Å²) in [5, 5.41) is 3.06. The van der Waals surface area contributed by atoms with Gasteiger partial charge in [0.25, 0.3) is 5.91 Å². The highest BCUT2D eigenvalue weighted by Gasteiger charge is 2.39. The average molecular weight is 374 g/mol. The van der Waals surface area contributed by atoms with E-state index in [0.29, 0.717) is 5.56 Å². The van der Waals surface area contributed by atoms with E-state index in [9.17, 15) is 9.59 Å². The van der Waals surface area contributed by atoms with Crippen molar-refractivity contribution < 1.29 is 9.59 Å². The Labute approximate surface area is 163 Å². The number of hydrogen-bond acceptors (Lipinski definition) is 3. The van der Waals surface area contributed by atoms with Crippen molar-refractivity contribution in [3.8, 4) is 11.4 Å². The van der Waals surface area contributed by atoms with Gasteiger partial charge in [0.2, 0.25) is 5.91 Å². The Balaban J connectivity index is 1.46. The third-order valence-electron chi connectivity index (χ3n) is 5.83. The van der Waals surface area contributed by atoms with Crippen molar-refractivity contribution in [2.45, 2.75) is 37.8 Å². The number of piperazine rings is 1. The predicted octanol–water partition coefficient (Wildman–Crippen LogP) is 3.11. The number of aromatic amines is 1. The molecule has 2 aromatic carbocycles. The normalized spacial score (nSPS) is 22.0. The van der Waals surface area contributed by atoms with Gasteiger partial charge in [-0.25, -0.2) is 4.98 Å². The lowest BCUT2D eigenvalue weighted by molar-refractivity contribution is -0.127. The lowest BCUT2D eigenvalue weighted by Gasteiger charge is -2.43. The number of fused-ring (bicyclic) bond motifs is 2. The maximum atomic E-state index is 13.2. The molecule has 1 aliphatic heterocycles. The fourth-order valence-corrected chi connectivity index (χ4v) is 4.44. The van der Waals surface area contributed by atoms with E-state index in [0.717, 1.165) is 48.1 Å². The predicted molar refractivity (Wildman–Crippen MR) is 107 cm³/mol. The van der Waals surface area contributed by atoms with Crippen LogP contribution in [0.5, 0.6) is 0 Å². The second kappa shape index (κ2) is 6.78. The van der Waals surface area contributed by atoms with Gasteiger partial charge in [0.05, 0.1) is 17.1 Å². The summed E-state index contributed by atoms with van der Waals surface area (Å²) in [4.78, 5) is 35.1. The average Bonchev–Trinajstić information content (AvgIpc) is 3.16. The Morgan fingerprint density at radius 3 is 2.75 bits per heavy atom. The second-order valence-corrected chi connectivity index (χ2v) is 7.64. The fourth-order valence-electron chi connectivity index (χ4n) is 4.44. The molecular weight excluding hydrogens is 352 g/mol. The molecule has 2 amide bonds. The van der Waals surface area contributed by atoms with E-state index in [-0.39, 0.29) is 30.4 Å². The minimum atomic E-state index is -0.0792. The molecule has 0 radical (unpaired) electrons. The number of benzene rings is 2. The van der Waals surface area contributed by atoms with E-state index in [1.165, 1.54) is 0 Å². The largest absolute Gasteiger partial charge is 0.350 e. The smallest absolute Gasteiger partial charge is 0.254 e. The summed E-state index contributed by atoms with van der Waals surface area (Å²) in [6.07, 6.45) is 4.09. The molecule has 2 aliphatic rings. The van der Waals surface area contributed by atoms with Crippen molar-refractivity contribution in [2.24, 2.45) is 0 Å². The molecule has 2 atom stereocenters. The Hall–Kier alpha value is -3.15. The summed E-state index contributed by atoms with van der Waals surface area (Å²) in [5.74, 6) is 0.639. The summed E-state index contributed by atoms with van der Waals surface area (Å²) in [6.45, 7) is 0.135. The van der Waals surface area contributed by atoms with Gasteiger partial charge in [0.15, 0.2) is 0 Å². The quantitative estimate of drug-likeness (QED) is 0.723. The molecule has 0 bridgehead atoms. The van der Waals surface area contributed by atoms with Crippen LogP contribution in [0.3, 0.4) is 0 Å². The molecule has 0 spiro atoms. The number of imidazole rings is 1. The van der Waals surface area contributed by atoms with Crippen molar-refractivity contribution >= 4 is 22.8 Å². The van der Waals surface area contributed by atoms with Gasteiger partial charge in [-0.2, -0.15) is 0 Å². The van der Waals surface area contributed by atoms with Gasteiger partial charge < -0.3 is 15.2 Å². The van der Waals surface area contributed by atoms with Crippen molar-refractivity contribution in [1.82, 2.24) is 20.2 Å². The zero-order valence-corrected chi connectivity index (χ0v) is 15.5. The van der Waals surface area contributed by atoms with Crippen LogP contribution in [0.4, 0.5) is 0 Å². The van der Waals surface area contributed by atoms with Crippen LogP contribution in [0.15, 0.2) is 48.5 Å². The van der Waals surface area contributed by atoms with Gasteiger partial charge in [-0.1, -0.05) is 43.2 Å². The first-order valence-electron chi connectivity index (χ1n) is 9.84. The van der Waals surface area contributed by atoms with Crippen molar-refractivity contribution in [3.63, 3.8) is 0 Å². The summed E-state index contributed by atoms with van der Waals surface area (Å²) in [5.41, 5.74) is 3.24. The Morgan fingerprint density at radius 1 is 1.07 bits per heavy atom. The highest BCUT2D eigenvalue weighted by atomic mass is 16.2. The maximum absolute atomic E-state index is 13.2. The first-order chi connectivity index (χ1) is 13.7. The number of carbonyl (C=O) groups is 2. The molecule has 142 valence electrons. The number of carbonyl (C=O) groups excluding carboxylic acids is 2. The van der Waals surface area contributed by atoms with Crippen LogP contribution in [0.1, 0.15) is 36.0 Å². The highest BCUT2D eigenvalue weighted by Crippen LogP contribution is 2.28. The Bertz CT molecular complexity index is 1040. The number of aromatic nitrogens is 2. The summed E-state index contributed by atoms with van der Waals surface area (Å²) < 4.78 is 0. The monoisotopic (exact) mass is 374 g/mol. The van der Waals surface area contributed by atoms with Gasteiger partial charge in [-0.3, -0.25) is 9.59 Å². The van der Waals surface area contributed by atoms with Gasteiger partial charge in [0, 0.05) is 17.2 Å². The van der Waals surface area contributed by atoms with Gasteiger partial charge in [0.1, 0.15) is 12.4 Å². The summed E-state index contributed by atoms with van der Waals surface area (Å²) >= 11 is 0. The summed E-state index contributed by atoms with van der Waals surface area (Å²) in [7, 11) is 0. The molecule has 6 nitrogen and oxygen atoms in total. The number of rotatable bonds is 2. The second-order valence-electron chi connectivity index (χ2n) is 7.64. The zero-order chi connectivity index (χ0) is 19.1. The minimum absolute atomic E-state index is 0.0644. The number of amides is 2. The maximum Gasteiger partial charge on any atom is 0.254 e. The molecule has 3 aromatic rings. The van der Waals surface area contributed by atoms with Gasteiger partial charge in [-0.15, -0.1) is 0 Å².